The summed E-state index contributed by atoms with van der Waals surface area (Å²) in [5, 5.41) is 7.56. The molecule has 0 fully saturated rings. The zero-order valence-electron chi connectivity index (χ0n) is 12.0. The van der Waals surface area contributed by atoms with Crippen molar-refractivity contribution < 1.29 is 4.74 Å². The van der Waals surface area contributed by atoms with E-state index in [9.17, 15) is 0 Å². The van der Waals surface area contributed by atoms with Crippen LogP contribution >= 0.6 is 0 Å². The van der Waals surface area contributed by atoms with Gasteiger partial charge >= 0.3 is 0 Å². The highest BCUT2D eigenvalue weighted by Crippen LogP contribution is 2.25. The van der Waals surface area contributed by atoms with E-state index in [4.69, 9.17) is 4.74 Å². The fourth-order valence-electron chi connectivity index (χ4n) is 2.25. The number of rotatable bonds is 5. The number of aryl methyl sites for hydroxylation is 2. The maximum atomic E-state index is 5.39. The molecule has 1 unspecified atom stereocenters. The van der Waals surface area contributed by atoms with Gasteiger partial charge in [0.25, 0.3) is 0 Å². The van der Waals surface area contributed by atoms with E-state index >= 15 is 0 Å². The standard InChI is InChI=1S/C15H21N3O/c1-11-5-6-13(8-15(11)19-4)14(16-2)7-12-9-17-18(3)10-12/h5-6,8-10,14,16H,7H2,1-4H3. The number of benzene rings is 1. The molecule has 4 heteroatoms. The Kier molecular flexibility index (Phi) is 4.22. The third-order valence-electron chi connectivity index (χ3n) is 3.38. The highest BCUT2D eigenvalue weighted by Gasteiger charge is 2.12. The number of nitrogens with one attached hydrogen (secondary N) is 1. The van der Waals surface area contributed by atoms with Crippen LogP contribution in [0.5, 0.6) is 5.75 Å². The van der Waals surface area contributed by atoms with E-state index in [1.807, 2.05) is 25.0 Å². The fourth-order valence-corrected chi connectivity index (χ4v) is 2.25. The van der Waals surface area contributed by atoms with Gasteiger partial charge in [0.15, 0.2) is 0 Å². The van der Waals surface area contributed by atoms with E-state index in [1.165, 1.54) is 11.1 Å². The number of aromatic nitrogens is 2. The van der Waals surface area contributed by atoms with E-state index in [2.05, 4.69) is 41.7 Å². The van der Waals surface area contributed by atoms with Crippen molar-refractivity contribution in [2.24, 2.45) is 7.05 Å². The maximum absolute atomic E-state index is 5.39. The molecule has 0 aliphatic rings. The predicted molar refractivity (Wildman–Crippen MR) is 76.4 cm³/mol. The number of nitrogens with zero attached hydrogens (tertiary/aromatic N) is 2. The molecule has 0 aliphatic carbocycles. The highest BCUT2D eigenvalue weighted by atomic mass is 16.5. The van der Waals surface area contributed by atoms with Gasteiger partial charge in [-0.1, -0.05) is 12.1 Å². The molecule has 0 radical (unpaired) electrons. The Bertz CT molecular complexity index is 548. The predicted octanol–water partition coefficient (Wildman–Crippen LogP) is 2.24. The normalized spacial score (nSPS) is 12.4. The van der Waals surface area contributed by atoms with Crippen LogP contribution in [0.25, 0.3) is 0 Å². The molecular weight excluding hydrogens is 238 g/mol. The van der Waals surface area contributed by atoms with E-state index in [0.717, 1.165) is 17.7 Å². The minimum Gasteiger partial charge on any atom is -0.496 e. The van der Waals surface area contributed by atoms with Crippen LogP contribution in [0.2, 0.25) is 0 Å². The first-order valence-electron chi connectivity index (χ1n) is 6.43. The van der Waals surface area contributed by atoms with Crippen molar-refractivity contribution in [3.05, 3.63) is 47.3 Å². The molecule has 1 atom stereocenters. The molecule has 1 aromatic carbocycles. The van der Waals surface area contributed by atoms with Crippen molar-refractivity contribution in [2.45, 2.75) is 19.4 Å². The van der Waals surface area contributed by atoms with Gasteiger partial charge in [-0.3, -0.25) is 4.68 Å². The highest BCUT2D eigenvalue weighted by molar-refractivity contribution is 5.38. The fraction of sp³-hybridized carbons (Fsp3) is 0.400. The lowest BCUT2D eigenvalue weighted by Crippen LogP contribution is -2.18. The molecular formula is C15H21N3O. The van der Waals surface area contributed by atoms with E-state index in [0.29, 0.717) is 0 Å². The van der Waals surface area contributed by atoms with Crippen LogP contribution in [-0.4, -0.2) is 23.9 Å². The number of likely N-dealkylation sites (N-methyl/N-ethyl adjacent to an activating group) is 1. The summed E-state index contributed by atoms with van der Waals surface area (Å²) in [6, 6.07) is 6.61. The molecule has 0 aliphatic heterocycles. The lowest BCUT2D eigenvalue weighted by atomic mass is 9.99. The first kappa shape index (κ1) is 13.6. The molecule has 1 aromatic heterocycles. The van der Waals surface area contributed by atoms with Crippen molar-refractivity contribution in [3.63, 3.8) is 0 Å². The van der Waals surface area contributed by atoms with Gasteiger partial charge in [0.2, 0.25) is 0 Å². The van der Waals surface area contributed by atoms with Gasteiger partial charge in [-0.2, -0.15) is 5.10 Å². The van der Waals surface area contributed by atoms with Crippen molar-refractivity contribution in [3.8, 4) is 5.75 Å². The van der Waals surface area contributed by atoms with Gasteiger partial charge in [-0.25, -0.2) is 0 Å². The second-order valence-electron chi connectivity index (χ2n) is 4.80. The zero-order chi connectivity index (χ0) is 13.8. The minimum absolute atomic E-state index is 0.263. The zero-order valence-corrected chi connectivity index (χ0v) is 12.0. The molecule has 4 nitrogen and oxygen atoms in total. The van der Waals surface area contributed by atoms with Crippen molar-refractivity contribution in [1.82, 2.24) is 15.1 Å². The van der Waals surface area contributed by atoms with Gasteiger partial charge < -0.3 is 10.1 Å². The molecule has 0 bridgehead atoms. The molecule has 1 heterocycles. The van der Waals surface area contributed by atoms with Crippen LogP contribution in [0.15, 0.2) is 30.6 Å². The molecule has 19 heavy (non-hydrogen) atoms. The largest absolute Gasteiger partial charge is 0.496 e. The third kappa shape index (κ3) is 3.15. The molecule has 1 N–H and O–H groups in total. The number of methoxy groups -OCH3 is 1. The van der Waals surface area contributed by atoms with Crippen molar-refractivity contribution in [2.75, 3.05) is 14.2 Å². The molecule has 0 amide bonds. The maximum Gasteiger partial charge on any atom is 0.122 e. The first-order chi connectivity index (χ1) is 9.13. The summed E-state index contributed by atoms with van der Waals surface area (Å²) in [6.45, 7) is 2.05. The van der Waals surface area contributed by atoms with E-state index in [-0.39, 0.29) is 6.04 Å². The minimum atomic E-state index is 0.263. The van der Waals surface area contributed by atoms with Gasteiger partial charge in [-0.15, -0.1) is 0 Å². The summed E-state index contributed by atoms with van der Waals surface area (Å²) in [5.74, 6) is 0.934. The molecule has 0 spiro atoms. The smallest absolute Gasteiger partial charge is 0.122 e. The molecule has 2 rings (SSSR count). The number of ether oxygens (including phenoxy) is 1. The Morgan fingerprint density at radius 2 is 2.21 bits per heavy atom. The summed E-state index contributed by atoms with van der Waals surface area (Å²) in [6.07, 6.45) is 4.88. The summed E-state index contributed by atoms with van der Waals surface area (Å²) in [4.78, 5) is 0. The third-order valence-corrected chi connectivity index (χ3v) is 3.38. The average molecular weight is 259 g/mol. The quantitative estimate of drug-likeness (QED) is 0.895. The SMILES string of the molecule is CNC(Cc1cnn(C)c1)c1ccc(C)c(OC)c1. The Morgan fingerprint density at radius 3 is 2.79 bits per heavy atom. The average Bonchev–Trinajstić information content (AvgIpc) is 2.82. The van der Waals surface area contributed by atoms with Crippen LogP contribution in [0.3, 0.4) is 0 Å². The monoisotopic (exact) mass is 259 g/mol. The first-order valence-corrected chi connectivity index (χ1v) is 6.43. The lowest BCUT2D eigenvalue weighted by Gasteiger charge is -2.17. The van der Waals surface area contributed by atoms with Crippen LogP contribution in [0.1, 0.15) is 22.7 Å². The lowest BCUT2D eigenvalue weighted by molar-refractivity contribution is 0.410. The molecule has 0 saturated carbocycles. The Morgan fingerprint density at radius 1 is 1.42 bits per heavy atom. The molecule has 0 saturated heterocycles. The summed E-state index contributed by atoms with van der Waals surface area (Å²) < 4.78 is 7.22. The number of hydrogen-bond donors (Lipinski definition) is 1. The van der Waals surface area contributed by atoms with Crippen molar-refractivity contribution in [1.29, 1.82) is 0 Å². The molecule has 102 valence electrons. The molecule has 2 aromatic rings. The Labute approximate surface area is 114 Å². The topological polar surface area (TPSA) is 39.1 Å². The van der Waals surface area contributed by atoms with Crippen LogP contribution < -0.4 is 10.1 Å². The second kappa shape index (κ2) is 5.89. The Hall–Kier alpha value is -1.81. The van der Waals surface area contributed by atoms with Gasteiger partial charge in [-0.05, 0) is 43.1 Å². The summed E-state index contributed by atoms with van der Waals surface area (Å²) in [7, 11) is 5.63. The van der Waals surface area contributed by atoms with E-state index < -0.39 is 0 Å². The number of hydrogen-bond acceptors (Lipinski definition) is 3. The van der Waals surface area contributed by atoms with E-state index in [1.54, 1.807) is 7.11 Å². The van der Waals surface area contributed by atoms with Crippen LogP contribution in [0.4, 0.5) is 0 Å². The van der Waals surface area contributed by atoms with Crippen LogP contribution in [0, 0.1) is 6.92 Å². The Balaban J connectivity index is 2.21. The summed E-state index contributed by atoms with van der Waals surface area (Å²) >= 11 is 0. The van der Waals surface area contributed by atoms with Crippen LogP contribution in [-0.2, 0) is 13.5 Å². The van der Waals surface area contributed by atoms with Crippen molar-refractivity contribution >= 4 is 0 Å². The second-order valence-corrected chi connectivity index (χ2v) is 4.80. The van der Waals surface area contributed by atoms with Gasteiger partial charge in [0.1, 0.15) is 5.75 Å². The van der Waals surface area contributed by atoms with Gasteiger partial charge in [0.05, 0.1) is 13.3 Å². The van der Waals surface area contributed by atoms with Gasteiger partial charge in [0, 0.05) is 19.3 Å². The summed E-state index contributed by atoms with van der Waals surface area (Å²) in [5.41, 5.74) is 3.61.